The van der Waals surface area contributed by atoms with Gasteiger partial charge in [-0.1, -0.05) is 11.6 Å². The first-order valence-corrected chi connectivity index (χ1v) is 5.52. The van der Waals surface area contributed by atoms with Crippen molar-refractivity contribution in [1.82, 2.24) is 5.32 Å². The van der Waals surface area contributed by atoms with Crippen LogP contribution in [0.4, 0.5) is 0 Å². The van der Waals surface area contributed by atoms with Gasteiger partial charge in [0, 0.05) is 18.0 Å². The van der Waals surface area contributed by atoms with Crippen LogP contribution in [-0.2, 0) is 11.3 Å². The zero-order valence-corrected chi connectivity index (χ0v) is 9.73. The van der Waals surface area contributed by atoms with Crippen molar-refractivity contribution in [3.63, 3.8) is 0 Å². The summed E-state index contributed by atoms with van der Waals surface area (Å²) in [6.07, 6.45) is 0. The Morgan fingerprint density at radius 2 is 2.33 bits per heavy atom. The molecule has 0 saturated heterocycles. The minimum Gasteiger partial charge on any atom is -0.479 e. The predicted octanol–water partition coefficient (Wildman–Crippen LogP) is 1.33. The number of aliphatic hydroxyl groups is 1. The Hall–Kier alpha value is -0.620. The second-order valence-corrected chi connectivity index (χ2v) is 5.19. The maximum Gasteiger partial charge on any atom is 0.336 e. The molecule has 4 nitrogen and oxygen atoms in total. The fourth-order valence-corrected chi connectivity index (χ4v) is 2.01. The molecular formula is C9H12ClNO3S. The van der Waals surface area contributed by atoms with Crippen LogP contribution in [0.3, 0.4) is 0 Å². The minimum atomic E-state index is -1.74. The van der Waals surface area contributed by atoms with E-state index in [9.17, 15) is 9.90 Å². The molecule has 1 unspecified atom stereocenters. The van der Waals surface area contributed by atoms with Gasteiger partial charge in [0.15, 0.2) is 5.60 Å². The highest BCUT2D eigenvalue weighted by atomic mass is 35.5. The van der Waals surface area contributed by atoms with Gasteiger partial charge in [-0.3, -0.25) is 0 Å². The van der Waals surface area contributed by atoms with E-state index in [4.69, 9.17) is 16.7 Å². The van der Waals surface area contributed by atoms with Gasteiger partial charge in [-0.25, -0.2) is 4.79 Å². The molecule has 0 radical (unpaired) electrons. The average molecular weight is 250 g/mol. The van der Waals surface area contributed by atoms with Crippen LogP contribution in [0.15, 0.2) is 12.1 Å². The van der Waals surface area contributed by atoms with Crippen LogP contribution in [0.1, 0.15) is 11.8 Å². The van der Waals surface area contributed by atoms with Crippen LogP contribution in [0, 0.1) is 0 Å². The maximum absolute atomic E-state index is 10.6. The van der Waals surface area contributed by atoms with E-state index in [2.05, 4.69) is 5.32 Å². The van der Waals surface area contributed by atoms with Crippen LogP contribution in [-0.4, -0.2) is 28.3 Å². The van der Waals surface area contributed by atoms with Crippen molar-refractivity contribution in [2.75, 3.05) is 6.54 Å². The van der Waals surface area contributed by atoms with E-state index in [1.54, 1.807) is 6.07 Å². The van der Waals surface area contributed by atoms with Crippen molar-refractivity contribution in [3.05, 3.63) is 21.3 Å². The van der Waals surface area contributed by atoms with Crippen LogP contribution >= 0.6 is 22.9 Å². The number of thiophene rings is 1. The number of aliphatic carboxylic acids is 1. The van der Waals surface area contributed by atoms with Crippen molar-refractivity contribution in [2.24, 2.45) is 0 Å². The zero-order valence-electron chi connectivity index (χ0n) is 8.16. The molecule has 0 aliphatic rings. The summed E-state index contributed by atoms with van der Waals surface area (Å²) >= 11 is 7.15. The van der Waals surface area contributed by atoms with Gasteiger partial charge < -0.3 is 15.5 Å². The molecule has 0 spiro atoms. The maximum atomic E-state index is 10.6. The molecule has 0 aliphatic carbocycles. The minimum absolute atomic E-state index is 0.00213. The predicted molar refractivity (Wildman–Crippen MR) is 59.3 cm³/mol. The fraction of sp³-hybridized carbons (Fsp3) is 0.444. The largest absolute Gasteiger partial charge is 0.479 e. The van der Waals surface area contributed by atoms with Crippen LogP contribution in [0.25, 0.3) is 0 Å². The highest BCUT2D eigenvalue weighted by Gasteiger charge is 2.28. The van der Waals surface area contributed by atoms with Gasteiger partial charge in [0.2, 0.25) is 0 Å². The number of nitrogens with one attached hydrogen (secondary N) is 1. The summed E-state index contributed by atoms with van der Waals surface area (Å²) in [7, 11) is 0. The van der Waals surface area contributed by atoms with Crippen molar-refractivity contribution in [1.29, 1.82) is 0 Å². The Morgan fingerprint density at radius 1 is 1.67 bits per heavy atom. The Bertz CT molecular complexity index is 351. The summed E-state index contributed by atoms with van der Waals surface area (Å²) in [5, 5.41) is 20.9. The van der Waals surface area contributed by atoms with Gasteiger partial charge in [-0.15, -0.1) is 11.3 Å². The number of carboxylic acid groups (broad SMARTS) is 1. The molecule has 15 heavy (non-hydrogen) atoms. The van der Waals surface area contributed by atoms with E-state index in [1.165, 1.54) is 18.3 Å². The molecule has 0 saturated carbocycles. The van der Waals surface area contributed by atoms with Crippen molar-refractivity contribution in [3.8, 4) is 0 Å². The van der Waals surface area contributed by atoms with E-state index in [-0.39, 0.29) is 6.54 Å². The number of carboxylic acids is 1. The number of carbonyl (C=O) groups is 1. The Labute approximate surface area is 96.5 Å². The van der Waals surface area contributed by atoms with Gasteiger partial charge in [-0.2, -0.15) is 0 Å². The molecule has 0 amide bonds. The lowest BCUT2D eigenvalue weighted by Gasteiger charge is -2.17. The third kappa shape index (κ3) is 3.79. The molecule has 0 fully saturated rings. The molecule has 0 aromatic carbocycles. The molecule has 6 heteroatoms. The van der Waals surface area contributed by atoms with E-state index >= 15 is 0 Å². The molecule has 0 aliphatic heterocycles. The summed E-state index contributed by atoms with van der Waals surface area (Å²) in [6, 6.07) is 3.63. The van der Waals surface area contributed by atoms with E-state index in [0.29, 0.717) is 10.9 Å². The molecule has 0 bridgehead atoms. The van der Waals surface area contributed by atoms with Gasteiger partial charge >= 0.3 is 5.97 Å². The number of rotatable bonds is 5. The topological polar surface area (TPSA) is 69.6 Å². The van der Waals surface area contributed by atoms with E-state index < -0.39 is 11.6 Å². The molecule has 1 aromatic heterocycles. The monoisotopic (exact) mass is 249 g/mol. The van der Waals surface area contributed by atoms with Gasteiger partial charge in [0.25, 0.3) is 0 Å². The number of hydrogen-bond acceptors (Lipinski definition) is 4. The molecule has 1 heterocycles. The summed E-state index contributed by atoms with van der Waals surface area (Å²) in [5.74, 6) is -1.24. The molecular weight excluding hydrogens is 238 g/mol. The van der Waals surface area contributed by atoms with Crippen molar-refractivity contribution >= 4 is 28.9 Å². The lowest BCUT2D eigenvalue weighted by Crippen LogP contribution is -2.44. The van der Waals surface area contributed by atoms with Crippen LogP contribution in [0.2, 0.25) is 4.34 Å². The second-order valence-electron chi connectivity index (χ2n) is 3.39. The first-order valence-electron chi connectivity index (χ1n) is 4.32. The lowest BCUT2D eigenvalue weighted by atomic mass is 10.1. The molecule has 1 rings (SSSR count). The average Bonchev–Trinajstić information content (AvgIpc) is 2.51. The summed E-state index contributed by atoms with van der Waals surface area (Å²) in [4.78, 5) is 11.6. The molecule has 3 N–H and O–H groups in total. The first-order chi connectivity index (χ1) is 6.92. The Morgan fingerprint density at radius 3 is 2.80 bits per heavy atom. The summed E-state index contributed by atoms with van der Waals surface area (Å²) in [6.45, 7) is 1.75. The highest BCUT2D eigenvalue weighted by Crippen LogP contribution is 2.21. The van der Waals surface area contributed by atoms with E-state index in [1.807, 2.05) is 6.07 Å². The van der Waals surface area contributed by atoms with Crippen LogP contribution < -0.4 is 5.32 Å². The standard InChI is InChI=1S/C9H12ClNO3S/c1-9(14,8(12)13)5-11-4-6-2-3-7(10)15-6/h2-3,11,14H,4-5H2,1H3,(H,12,13). The molecule has 1 atom stereocenters. The Kier molecular flexibility index (Phi) is 4.10. The van der Waals surface area contributed by atoms with Crippen molar-refractivity contribution < 1.29 is 15.0 Å². The van der Waals surface area contributed by atoms with Gasteiger partial charge in [0.05, 0.1) is 4.34 Å². The van der Waals surface area contributed by atoms with E-state index in [0.717, 1.165) is 4.88 Å². The smallest absolute Gasteiger partial charge is 0.336 e. The highest BCUT2D eigenvalue weighted by molar-refractivity contribution is 7.16. The van der Waals surface area contributed by atoms with Gasteiger partial charge in [-0.05, 0) is 19.1 Å². The second kappa shape index (κ2) is 4.94. The molecule has 1 aromatic rings. The SMILES string of the molecule is CC(O)(CNCc1ccc(Cl)s1)C(=O)O. The summed E-state index contributed by atoms with van der Waals surface area (Å²) in [5.41, 5.74) is -1.74. The number of hydrogen-bond donors (Lipinski definition) is 3. The normalized spacial score (nSPS) is 14.9. The lowest BCUT2D eigenvalue weighted by molar-refractivity contribution is -0.156. The van der Waals surface area contributed by atoms with Gasteiger partial charge in [0.1, 0.15) is 0 Å². The Balaban J connectivity index is 2.36. The quantitative estimate of drug-likeness (QED) is 0.736. The zero-order chi connectivity index (χ0) is 11.5. The first kappa shape index (κ1) is 12.4. The third-order valence-electron chi connectivity index (χ3n) is 1.86. The third-order valence-corrected chi connectivity index (χ3v) is 3.09. The van der Waals surface area contributed by atoms with Crippen LogP contribution in [0.5, 0.6) is 0 Å². The molecule has 84 valence electrons. The summed E-state index contributed by atoms with van der Waals surface area (Å²) < 4.78 is 0.691. The van der Waals surface area contributed by atoms with Crippen molar-refractivity contribution in [2.45, 2.75) is 19.1 Å². The fourth-order valence-electron chi connectivity index (χ4n) is 0.951. The number of halogens is 1.